The van der Waals surface area contributed by atoms with Crippen LogP contribution in [0.15, 0.2) is 53.4 Å². The first-order valence-corrected chi connectivity index (χ1v) is 8.13. The lowest BCUT2D eigenvalue weighted by Crippen LogP contribution is -2.27. The summed E-state index contributed by atoms with van der Waals surface area (Å²) >= 11 is 4.86. The molecule has 0 spiro atoms. The van der Waals surface area contributed by atoms with Gasteiger partial charge in [0.15, 0.2) is 0 Å². The van der Waals surface area contributed by atoms with E-state index in [0.29, 0.717) is 11.3 Å². The maximum absolute atomic E-state index is 12.6. The summed E-state index contributed by atoms with van der Waals surface area (Å²) in [4.78, 5) is 0.444. The summed E-state index contributed by atoms with van der Waals surface area (Å²) in [6.45, 7) is 1.87. The van der Waals surface area contributed by atoms with Crippen LogP contribution >= 0.6 is 12.2 Å². The molecule has 2 aromatic rings. The molecule has 0 aliphatic heterocycles. The number of para-hydroxylation sites is 1. The molecular formula is C15H16N2O2S2. The van der Waals surface area contributed by atoms with E-state index in [1.165, 1.54) is 16.4 Å². The molecule has 0 fully saturated rings. The zero-order valence-corrected chi connectivity index (χ0v) is 13.4. The van der Waals surface area contributed by atoms with Gasteiger partial charge in [-0.1, -0.05) is 42.5 Å². The molecule has 0 saturated heterocycles. The summed E-state index contributed by atoms with van der Waals surface area (Å²) in [5.41, 5.74) is 7.70. The van der Waals surface area contributed by atoms with Gasteiger partial charge in [0.2, 0.25) is 0 Å². The van der Waals surface area contributed by atoms with Crippen molar-refractivity contribution in [2.75, 3.05) is 11.4 Å². The highest BCUT2D eigenvalue weighted by atomic mass is 32.2. The first-order chi connectivity index (χ1) is 9.84. The third-order valence-electron chi connectivity index (χ3n) is 3.25. The van der Waals surface area contributed by atoms with Gasteiger partial charge in [0, 0.05) is 12.6 Å². The van der Waals surface area contributed by atoms with Crippen molar-refractivity contribution < 1.29 is 8.42 Å². The maximum Gasteiger partial charge on any atom is 0.264 e. The lowest BCUT2D eigenvalue weighted by molar-refractivity contribution is 0.594. The molecule has 0 saturated carbocycles. The number of hydrogen-bond acceptors (Lipinski definition) is 3. The zero-order valence-electron chi connectivity index (χ0n) is 11.8. The van der Waals surface area contributed by atoms with E-state index in [1.807, 2.05) is 25.1 Å². The third kappa shape index (κ3) is 3.06. The molecule has 0 bridgehead atoms. The van der Waals surface area contributed by atoms with Crippen LogP contribution in [0.2, 0.25) is 0 Å². The molecule has 0 amide bonds. The van der Waals surface area contributed by atoms with Crippen molar-refractivity contribution in [2.45, 2.75) is 11.8 Å². The van der Waals surface area contributed by atoms with Crippen LogP contribution in [0.1, 0.15) is 11.1 Å². The standard InChI is InChI=1S/C15H16N2O2S2/c1-11-5-3-4-6-14(11)17(2)21(18,19)13-9-7-12(8-10-13)15(16)20/h3-10H,1-2H3,(H2,16,20). The Bertz CT molecular complexity index is 769. The van der Waals surface area contributed by atoms with Gasteiger partial charge in [0.25, 0.3) is 10.0 Å². The van der Waals surface area contributed by atoms with Crippen LogP contribution in [0.5, 0.6) is 0 Å². The molecule has 0 aliphatic carbocycles. The molecule has 6 heteroatoms. The van der Waals surface area contributed by atoms with Gasteiger partial charge in [-0.3, -0.25) is 4.31 Å². The van der Waals surface area contributed by atoms with E-state index in [4.69, 9.17) is 18.0 Å². The van der Waals surface area contributed by atoms with E-state index >= 15 is 0 Å². The van der Waals surface area contributed by atoms with Crippen LogP contribution in [-0.4, -0.2) is 20.5 Å². The largest absolute Gasteiger partial charge is 0.389 e. The Hall–Kier alpha value is -1.92. The average Bonchev–Trinajstić information content (AvgIpc) is 2.47. The van der Waals surface area contributed by atoms with Crippen LogP contribution in [0, 0.1) is 6.92 Å². The number of hydrogen-bond donors (Lipinski definition) is 1. The Kier molecular flexibility index (Phi) is 4.29. The van der Waals surface area contributed by atoms with Gasteiger partial charge in [0.1, 0.15) is 4.99 Å². The van der Waals surface area contributed by atoms with Gasteiger partial charge in [-0.15, -0.1) is 0 Å². The van der Waals surface area contributed by atoms with Crippen LogP contribution in [0.4, 0.5) is 5.69 Å². The van der Waals surface area contributed by atoms with Crippen molar-refractivity contribution in [1.29, 1.82) is 0 Å². The second-order valence-electron chi connectivity index (χ2n) is 4.65. The van der Waals surface area contributed by atoms with Gasteiger partial charge in [-0.05, 0) is 30.7 Å². The van der Waals surface area contributed by atoms with E-state index in [1.54, 1.807) is 25.2 Å². The third-order valence-corrected chi connectivity index (χ3v) is 5.27. The lowest BCUT2D eigenvalue weighted by Gasteiger charge is -2.21. The molecule has 0 atom stereocenters. The van der Waals surface area contributed by atoms with Crippen molar-refractivity contribution in [2.24, 2.45) is 5.73 Å². The number of sulfonamides is 1. The first-order valence-electron chi connectivity index (χ1n) is 6.28. The van der Waals surface area contributed by atoms with E-state index in [-0.39, 0.29) is 9.88 Å². The van der Waals surface area contributed by atoms with Crippen molar-refractivity contribution in [1.82, 2.24) is 0 Å². The molecule has 0 radical (unpaired) electrons. The Morgan fingerprint density at radius 3 is 2.19 bits per heavy atom. The van der Waals surface area contributed by atoms with E-state index in [0.717, 1.165) is 5.56 Å². The number of nitrogens with two attached hydrogens (primary N) is 1. The molecule has 21 heavy (non-hydrogen) atoms. The van der Waals surface area contributed by atoms with E-state index in [2.05, 4.69) is 0 Å². The molecule has 0 unspecified atom stereocenters. The highest BCUT2D eigenvalue weighted by Gasteiger charge is 2.22. The number of anilines is 1. The first kappa shape index (κ1) is 15.5. The minimum Gasteiger partial charge on any atom is -0.389 e. The SMILES string of the molecule is Cc1ccccc1N(C)S(=O)(=O)c1ccc(C(N)=S)cc1. The van der Waals surface area contributed by atoms with Gasteiger partial charge in [0.05, 0.1) is 10.6 Å². The summed E-state index contributed by atoms with van der Waals surface area (Å²) in [5.74, 6) is 0. The predicted molar refractivity (Wildman–Crippen MR) is 89.1 cm³/mol. The van der Waals surface area contributed by atoms with Crippen molar-refractivity contribution in [3.05, 3.63) is 59.7 Å². The molecule has 110 valence electrons. The topological polar surface area (TPSA) is 63.4 Å². The lowest BCUT2D eigenvalue weighted by atomic mass is 10.2. The molecule has 0 heterocycles. The fourth-order valence-electron chi connectivity index (χ4n) is 2.00. The summed E-state index contributed by atoms with van der Waals surface area (Å²) in [6.07, 6.45) is 0. The zero-order chi connectivity index (χ0) is 15.6. The van der Waals surface area contributed by atoms with Gasteiger partial charge < -0.3 is 5.73 Å². The minimum absolute atomic E-state index is 0.202. The van der Waals surface area contributed by atoms with Gasteiger partial charge >= 0.3 is 0 Å². The highest BCUT2D eigenvalue weighted by Crippen LogP contribution is 2.25. The summed E-state index contributed by atoms with van der Waals surface area (Å²) < 4.78 is 26.5. The van der Waals surface area contributed by atoms with E-state index < -0.39 is 10.0 Å². The predicted octanol–water partition coefficient (Wildman–Crippen LogP) is 2.45. The van der Waals surface area contributed by atoms with E-state index in [9.17, 15) is 8.42 Å². The quantitative estimate of drug-likeness (QED) is 0.879. The molecule has 0 aliphatic rings. The summed E-state index contributed by atoms with van der Waals surface area (Å²) in [7, 11) is -2.07. The van der Waals surface area contributed by atoms with Crippen LogP contribution < -0.4 is 10.0 Å². The molecular weight excluding hydrogens is 304 g/mol. The maximum atomic E-state index is 12.6. The Morgan fingerprint density at radius 2 is 1.67 bits per heavy atom. The Balaban J connectivity index is 2.42. The Morgan fingerprint density at radius 1 is 1.10 bits per heavy atom. The summed E-state index contributed by atoms with van der Waals surface area (Å²) in [6, 6.07) is 13.6. The molecule has 2 N–H and O–H groups in total. The minimum atomic E-state index is -3.61. The van der Waals surface area contributed by atoms with Crippen molar-refractivity contribution in [3.8, 4) is 0 Å². The van der Waals surface area contributed by atoms with Crippen LogP contribution in [0.3, 0.4) is 0 Å². The van der Waals surface area contributed by atoms with Crippen molar-refractivity contribution in [3.63, 3.8) is 0 Å². The number of nitrogens with zero attached hydrogens (tertiary/aromatic N) is 1. The van der Waals surface area contributed by atoms with Gasteiger partial charge in [-0.25, -0.2) is 8.42 Å². The average molecular weight is 320 g/mol. The van der Waals surface area contributed by atoms with Crippen molar-refractivity contribution >= 4 is 32.9 Å². The number of thiocarbonyl (C=S) groups is 1. The molecule has 4 nitrogen and oxygen atoms in total. The van der Waals surface area contributed by atoms with Crippen LogP contribution in [0.25, 0.3) is 0 Å². The monoisotopic (exact) mass is 320 g/mol. The number of aryl methyl sites for hydroxylation is 1. The number of benzene rings is 2. The van der Waals surface area contributed by atoms with Crippen LogP contribution in [-0.2, 0) is 10.0 Å². The smallest absolute Gasteiger partial charge is 0.264 e. The fraction of sp³-hybridized carbons (Fsp3) is 0.133. The Labute approximate surface area is 130 Å². The molecule has 2 rings (SSSR count). The summed E-state index contributed by atoms with van der Waals surface area (Å²) in [5, 5.41) is 0. The van der Waals surface area contributed by atoms with Gasteiger partial charge in [-0.2, -0.15) is 0 Å². The second-order valence-corrected chi connectivity index (χ2v) is 7.06. The normalized spacial score (nSPS) is 11.1. The highest BCUT2D eigenvalue weighted by molar-refractivity contribution is 7.92. The number of rotatable bonds is 4. The fourth-order valence-corrected chi connectivity index (χ4v) is 3.39. The molecule has 0 aromatic heterocycles. The second kappa shape index (κ2) is 5.83. The molecule has 2 aromatic carbocycles.